The summed E-state index contributed by atoms with van der Waals surface area (Å²) >= 11 is 0. The predicted molar refractivity (Wildman–Crippen MR) is 92.3 cm³/mol. The lowest BCUT2D eigenvalue weighted by molar-refractivity contribution is 0.629. The van der Waals surface area contributed by atoms with Crippen LogP contribution in [0.5, 0.6) is 0 Å². The molecule has 3 heterocycles. The van der Waals surface area contributed by atoms with Crippen molar-refractivity contribution < 1.29 is 4.39 Å². The van der Waals surface area contributed by atoms with E-state index in [0.29, 0.717) is 35.6 Å². The minimum Gasteiger partial charge on any atom is -0.383 e. The van der Waals surface area contributed by atoms with Crippen molar-refractivity contribution in [3.8, 4) is 0 Å². The van der Waals surface area contributed by atoms with E-state index in [2.05, 4.69) is 30.8 Å². The third-order valence-electron chi connectivity index (χ3n) is 3.72. The minimum absolute atomic E-state index is 0.326. The molecule has 0 fully saturated rings. The van der Waals surface area contributed by atoms with Crippen LogP contribution >= 0.6 is 0 Å². The van der Waals surface area contributed by atoms with Gasteiger partial charge in [0, 0.05) is 37.2 Å². The molecular formula is C16H14FN7O. The van der Waals surface area contributed by atoms with Gasteiger partial charge in [-0.05, 0) is 24.3 Å². The molecule has 1 aromatic carbocycles. The Bertz CT molecular complexity index is 1090. The summed E-state index contributed by atoms with van der Waals surface area (Å²) < 4.78 is 14.8. The van der Waals surface area contributed by atoms with Crippen LogP contribution in [0.2, 0.25) is 0 Å². The van der Waals surface area contributed by atoms with Gasteiger partial charge in [-0.2, -0.15) is 0 Å². The monoisotopic (exact) mass is 339 g/mol. The Balaban J connectivity index is 1.60. The van der Waals surface area contributed by atoms with Crippen molar-refractivity contribution in [3.63, 3.8) is 0 Å². The summed E-state index contributed by atoms with van der Waals surface area (Å²) in [5.74, 6) is 0.0138. The van der Waals surface area contributed by atoms with Gasteiger partial charge in [0.05, 0.1) is 11.0 Å². The summed E-state index contributed by atoms with van der Waals surface area (Å²) in [6, 6.07) is 7.84. The van der Waals surface area contributed by atoms with Gasteiger partial charge in [-0.3, -0.25) is 4.98 Å². The number of hydrogen-bond donors (Lipinski definition) is 3. The van der Waals surface area contributed by atoms with Gasteiger partial charge in [0.15, 0.2) is 5.82 Å². The van der Waals surface area contributed by atoms with Gasteiger partial charge in [-0.25, -0.2) is 23.7 Å². The molecule has 0 amide bonds. The molecule has 8 nitrogen and oxygen atoms in total. The molecule has 0 radical (unpaired) electrons. The molecule has 0 aliphatic rings. The van der Waals surface area contributed by atoms with Gasteiger partial charge in [0.2, 0.25) is 5.65 Å². The van der Waals surface area contributed by atoms with Gasteiger partial charge < -0.3 is 10.6 Å². The third-order valence-corrected chi connectivity index (χ3v) is 3.72. The van der Waals surface area contributed by atoms with Crippen LogP contribution in [0.1, 0.15) is 0 Å². The molecule has 0 unspecified atom stereocenters. The second-order valence-corrected chi connectivity index (χ2v) is 5.37. The van der Waals surface area contributed by atoms with Crippen molar-refractivity contribution in [3.05, 3.63) is 59.0 Å². The zero-order chi connectivity index (χ0) is 17.2. The molecule has 4 aromatic rings. The fourth-order valence-electron chi connectivity index (χ4n) is 2.60. The highest BCUT2D eigenvalue weighted by Crippen LogP contribution is 2.19. The summed E-state index contributed by atoms with van der Waals surface area (Å²) in [4.78, 5) is 20.4. The maximum absolute atomic E-state index is 13.5. The first-order valence-electron chi connectivity index (χ1n) is 7.66. The maximum atomic E-state index is 13.5. The van der Waals surface area contributed by atoms with Crippen LogP contribution < -0.4 is 16.3 Å². The summed E-state index contributed by atoms with van der Waals surface area (Å²) in [6.45, 7) is 1.19. The molecule has 126 valence electrons. The lowest BCUT2D eigenvalue weighted by Crippen LogP contribution is -2.16. The van der Waals surface area contributed by atoms with E-state index >= 15 is 0 Å². The van der Waals surface area contributed by atoms with Crippen LogP contribution in [0.4, 0.5) is 15.9 Å². The van der Waals surface area contributed by atoms with E-state index in [1.807, 2.05) is 12.1 Å². The highest BCUT2D eigenvalue weighted by molar-refractivity contribution is 5.82. The first-order chi connectivity index (χ1) is 12.2. The van der Waals surface area contributed by atoms with Crippen molar-refractivity contribution in [1.82, 2.24) is 24.6 Å². The van der Waals surface area contributed by atoms with Crippen molar-refractivity contribution in [2.75, 3.05) is 23.7 Å². The molecule has 0 saturated heterocycles. The molecule has 3 aromatic heterocycles. The van der Waals surface area contributed by atoms with Gasteiger partial charge in [-0.15, -0.1) is 5.10 Å². The predicted octanol–water partition coefficient (Wildman–Crippen LogP) is 1.63. The first-order valence-corrected chi connectivity index (χ1v) is 7.66. The fourth-order valence-corrected chi connectivity index (χ4v) is 2.60. The van der Waals surface area contributed by atoms with Crippen LogP contribution in [0.15, 0.2) is 47.5 Å². The molecule has 0 aliphatic carbocycles. The number of pyridine rings is 1. The molecule has 4 rings (SSSR count). The van der Waals surface area contributed by atoms with Gasteiger partial charge in [-0.1, -0.05) is 0 Å². The molecule has 0 aliphatic heterocycles. The number of hydrogen-bond acceptors (Lipinski definition) is 6. The van der Waals surface area contributed by atoms with E-state index < -0.39 is 11.5 Å². The van der Waals surface area contributed by atoms with Crippen molar-refractivity contribution in [2.24, 2.45) is 0 Å². The minimum atomic E-state index is -0.439. The van der Waals surface area contributed by atoms with Gasteiger partial charge >= 0.3 is 5.69 Å². The summed E-state index contributed by atoms with van der Waals surface area (Å²) in [5, 5.41) is 12.8. The Morgan fingerprint density at radius 3 is 2.76 bits per heavy atom. The van der Waals surface area contributed by atoms with E-state index in [1.54, 1.807) is 12.4 Å². The molecule has 25 heavy (non-hydrogen) atoms. The number of fused-ring (bicyclic) bond motifs is 3. The van der Waals surface area contributed by atoms with Crippen LogP contribution in [0, 0.1) is 5.82 Å². The van der Waals surface area contributed by atoms with Crippen molar-refractivity contribution >= 4 is 28.2 Å². The Kier molecular flexibility index (Phi) is 3.73. The normalized spacial score (nSPS) is 11.1. The summed E-state index contributed by atoms with van der Waals surface area (Å²) in [7, 11) is 0. The van der Waals surface area contributed by atoms with Crippen LogP contribution in [-0.4, -0.2) is 37.7 Å². The van der Waals surface area contributed by atoms with E-state index in [9.17, 15) is 9.18 Å². The molecule has 9 heteroatoms. The molecule has 0 bridgehead atoms. The largest absolute Gasteiger partial charge is 0.383 e. The number of nitrogens with zero attached hydrogens (tertiary/aromatic N) is 4. The lowest BCUT2D eigenvalue weighted by atomic mass is 10.3. The lowest BCUT2D eigenvalue weighted by Gasteiger charge is -2.10. The second-order valence-electron chi connectivity index (χ2n) is 5.37. The summed E-state index contributed by atoms with van der Waals surface area (Å²) in [5.41, 5.74) is 1.72. The molecular weight excluding hydrogens is 325 g/mol. The number of nitrogens with one attached hydrogen (secondary N) is 3. The quantitative estimate of drug-likeness (QED) is 0.478. The maximum Gasteiger partial charge on any atom is 0.348 e. The van der Waals surface area contributed by atoms with E-state index in [0.717, 1.165) is 5.69 Å². The zero-order valence-electron chi connectivity index (χ0n) is 13.0. The molecule has 0 atom stereocenters. The number of halogens is 1. The Hall–Kier alpha value is -3.49. The topological polar surface area (TPSA) is 100 Å². The molecule has 0 spiro atoms. The van der Waals surface area contributed by atoms with Crippen LogP contribution in [0.3, 0.4) is 0 Å². The number of aromatic amines is 1. The van der Waals surface area contributed by atoms with Crippen molar-refractivity contribution in [1.29, 1.82) is 0 Å². The SMILES string of the molecule is O=c1[nH]nc2c(NCCNc3ccncc3)nc3ccc(F)cc3n12. The van der Waals surface area contributed by atoms with E-state index in [1.165, 1.54) is 22.6 Å². The Morgan fingerprint density at radius 2 is 1.92 bits per heavy atom. The average molecular weight is 339 g/mol. The van der Waals surface area contributed by atoms with Crippen LogP contribution in [0.25, 0.3) is 16.7 Å². The standard InChI is InChI=1S/C16H14FN7O/c17-10-1-2-12-13(9-10)24-15(22-23-16(24)25)14(21-12)20-8-7-19-11-3-5-18-6-4-11/h1-6,9H,7-8H2,(H,18,19)(H,20,21)(H,23,25). The number of H-pyrrole nitrogens is 1. The van der Waals surface area contributed by atoms with Gasteiger partial charge in [0.25, 0.3) is 0 Å². The summed E-state index contributed by atoms with van der Waals surface area (Å²) in [6.07, 6.45) is 3.42. The number of anilines is 2. The zero-order valence-corrected chi connectivity index (χ0v) is 13.0. The van der Waals surface area contributed by atoms with Crippen LogP contribution in [-0.2, 0) is 0 Å². The third kappa shape index (κ3) is 2.87. The number of benzene rings is 1. The fraction of sp³-hybridized carbons (Fsp3) is 0.125. The van der Waals surface area contributed by atoms with Crippen molar-refractivity contribution in [2.45, 2.75) is 0 Å². The highest BCUT2D eigenvalue weighted by Gasteiger charge is 2.13. The van der Waals surface area contributed by atoms with E-state index in [4.69, 9.17) is 0 Å². The number of aromatic nitrogens is 5. The average Bonchev–Trinajstić information content (AvgIpc) is 3.02. The van der Waals surface area contributed by atoms with E-state index in [-0.39, 0.29) is 0 Å². The Morgan fingerprint density at radius 1 is 1.12 bits per heavy atom. The van der Waals surface area contributed by atoms with Gasteiger partial charge in [0.1, 0.15) is 5.82 Å². The number of rotatable bonds is 5. The Labute approximate surface area is 140 Å². The molecule has 0 saturated carbocycles. The second kappa shape index (κ2) is 6.19. The smallest absolute Gasteiger partial charge is 0.348 e. The molecule has 3 N–H and O–H groups in total. The highest BCUT2D eigenvalue weighted by atomic mass is 19.1. The first kappa shape index (κ1) is 15.1.